The molecule has 1 aromatic carbocycles. The molecule has 98 valence electrons. The molecular formula is C14H17N5. The third kappa shape index (κ3) is 2.12. The zero-order valence-electron chi connectivity index (χ0n) is 11.2. The van der Waals surface area contributed by atoms with Crippen LogP contribution >= 0.6 is 0 Å². The molecule has 5 nitrogen and oxygen atoms in total. The summed E-state index contributed by atoms with van der Waals surface area (Å²) in [7, 11) is 0. The summed E-state index contributed by atoms with van der Waals surface area (Å²) in [6.07, 6.45) is 0.929. The number of fused-ring (bicyclic) bond motifs is 1. The summed E-state index contributed by atoms with van der Waals surface area (Å²) in [6.45, 7) is 5.56. The number of hydrogen-bond acceptors (Lipinski definition) is 5. The van der Waals surface area contributed by atoms with Gasteiger partial charge in [-0.3, -0.25) is 0 Å². The normalized spacial score (nSPS) is 14.3. The standard InChI is InChI=1S/C14H17N5/c1-9-10(2)17-18-14(16-9)19-7-6-12-11(8-19)4-3-5-13(12)15/h3-5H,6-8,15H2,1-2H3. The predicted molar refractivity (Wildman–Crippen MR) is 74.9 cm³/mol. The molecule has 0 saturated heterocycles. The van der Waals surface area contributed by atoms with Crippen LogP contribution in [0.25, 0.3) is 0 Å². The molecule has 5 heteroatoms. The molecule has 0 unspecified atom stereocenters. The Balaban J connectivity index is 1.91. The molecule has 0 aliphatic carbocycles. The molecule has 1 aliphatic rings. The van der Waals surface area contributed by atoms with E-state index in [0.29, 0.717) is 5.95 Å². The average Bonchev–Trinajstić information content (AvgIpc) is 2.42. The lowest BCUT2D eigenvalue weighted by Gasteiger charge is -2.29. The first-order valence-corrected chi connectivity index (χ1v) is 6.44. The van der Waals surface area contributed by atoms with Gasteiger partial charge in [0.2, 0.25) is 5.95 Å². The summed E-state index contributed by atoms with van der Waals surface area (Å²) in [4.78, 5) is 6.67. The number of hydrogen-bond donors (Lipinski definition) is 1. The van der Waals surface area contributed by atoms with Gasteiger partial charge in [0.1, 0.15) is 0 Å². The first kappa shape index (κ1) is 11.9. The molecular weight excluding hydrogens is 238 g/mol. The van der Waals surface area contributed by atoms with Gasteiger partial charge in [-0.1, -0.05) is 12.1 Å². The molecule has 0 fully saturated rings. The van der Waals surface area contributed by atoms with E-state index in [1.807, 2.05) is 26.0 Å². The summed E-state index contributed by atoms with van der Waals surface area (Å²) in [6, 6.07) is 6.08. The van der Waals surface area contributed by atoms with Crippen molar-refractivity contribution in [2.24, 2.45) is 0 Å². The molecule has 2 aromatic rings. The van der Waals surface area contributed by atoms with Crippen LogP contribution in [-0.2, 0) is 13.0 Å². The number of nitrogens with zero attached hydrogens (tertiary/aromatic N) is 4. The molecule has 2 heterocycles. The van der Waals surface area contributed by atoms with Crippen molar-refractivity contribution in [1.29, 1.82) is 0 Å². The van der Waals surface area contributed by atoms with Crippen LogP contribution < -0.4 is 10.6 Å². The lowest BCUT2D eigenvalue weighted by Crippen LogP contribution is -2.32. The van der Waals surface area contributed by atoms with Crippen LogP contribution in [0.15, 0.2) is 18.2 Å². The quantitative estimate of drug-likeness (QED) is 0.784. The monoisotopic (exact) mass is 255 g/mol. The van der Waals surface area contributed by atoms with E-state index in [2.05, 4.69) is 26.1 Å². The molecule has 0 bridgehead atoms. The van der Waals surface area contributed by atoms with E-state index in [4.69, 9.17) is 5.73 Å². The summed E-state index contributed by atoms with van der Waals surface area (Å²) in [5, 5.41) is 8.34. The highest BCUT2D eigenvalue weighted by atomic mass is 15.3. The maximum Gasteiger partial charge on any atom is 0.245 e. The van der Waals surface area contributed by atoms with Crippen LogP contribution in [0.4, 0.5) is 11.6 Å². The Hall–Kier alpha value is -2.17. The molecule has 3 rings (SSSR count). The molecule has 1 aliphatic heterocycles. The zero-order chi connectivity index (χ0) is 13.4. The van der Waals surface area contributed by atoms with Gasteiger partial charge in [-0.15, -0.1) is 5.10 Å². The molecule has 0 amide bonds. The van der Waals surface area contributed by atoms with Gasteiger partial charge in [-0.05, 0) is 37.5 Å². The Bertz CT molecular complexity index is 623. The van der Waals surface area contributed by atoms with Crippen molar-refractivity contribution in [2.45, 2.75) is 26.8 Å². The molecule has 0 saturated carbocycles. The largest absolute Gasteiger partial charge is 0.398 e. The fourth-order valence-corrected chi connectivity index (χ4v) is 2.39. The van der Waals surface area contributed by atoms with Crippen molar-refractivity contribution < 1.29 is 0 Å². The first-order chi connectivity index (χ1) is 9.15. The lowest BCUT2D eigenvalue weighted by atomic mass is 9.98. The SMILES string of the molecule is Cc1nnc(N2CCc3c(N)cccc3C2)nc1C. The van der Waals surface area contributed by atoms with Gasteiger partial charge in [0.15, 0.2) is 0 Å². The van der Waals surface area contributed by atoms with E-state index in [-0.39, 0.29) is 0 Å². The Morgan fingerprint density at radius 1 is 1.16 bits per heavy atom. The number of anilines is 2. The van der Waals surface area contributed by atoms with E-state index >= 15 is 0 Å². The molecule has 19 heavy (non-hydrogen) atoms. The van der Waals surface area contributed by atoms with E-state index in [1.165, 1.54) is 11.1 Å². The third-order valence-corrected chi connectivity index (χ3v) is 3.67. The highest BCUT2D eigenvalue weighted by Gasteiger charge is 2.20. The smallest absolute Gasteiger partial charge is 0.245 e. The highest BCUT2D eigenvalue weighted by Crippen LogP contribution is 2.25. The van der Waals surface area contributed by atoms with E-state index in [1.54, 1.807) is 0 Å². The van der Waals surface area contributed by atoms with E-state index in [9.17, 15) is 0 Å². The first-order valence-electron chi connectivity index (χ1n) is 6.44. The zero-order valence-corrected chi connectivity index (χ0v) is 11.2. The van der Waals surface area contributed by atoms with Crippen LogP contribution in [-0.4, -0.2) is 21.7 Å². The maximum absolute atomic E-state index is 6.01. The Morgan fingerprint density at radius 2 is 2.00 bits per heavy atom. The van der Waals surface area contributed by atoms with Crippen LogP contribution in [0.3, 0.4) is 0 Å². The summed E-state index contributed by atoms with van der Waals surface area (Å²) in [5.41, 5.74) is 11.2. The molecule has 1 aromatic heterocycles. The number of aromatic nitrogens is 3. The number of aryl methyl sites for hydroxylation is 2. The van der Waals surface area contributed by atoms with Crippen LogP contribution in [0.1, 0.15) is 22.5 Å². The van der Waals surface area contributed by atoms with Crippen molar-refractivity contribution >= 4 is 11.6 Å². The van der Waals surface area contributed by atoms with Gasteiger partial charge >= 0.3 is 0 Å². The molecule has 0 spiro atoms. The summed E-state index contributed by atoms with van der Waals surface area (Å²) < 4.78 is 0. The van der Waals surface area contributed by atoms with Crippen molar-refractivity contribution in [3.05, 3.63) is 40.7 Å². The second-order valence-electron chi connectivity index (χ2n) is 4.94. The second kappa shape index (κ2) is 4.50. The van der Waals surface area contributed by atoms with E-state index in [0.717, 1.165) is 36.6 Å². The minimum absolute atomic E-state index is 0.705. The van der Waals surface area contributed by atoms with Crippen LogP contribution in [0.2, 0.25) is 0 Å². The number of nitrogen functional groups attached to an aromatic ring is 1. The summed E-state index contributed by atoms with van der Waals surface area (Å²) in [5.74, 6) is 0.705. The topological polar surface area (TPSA) is 67.9 Å². The van der Waals surface area contributed by atoms with Crippen molar-refractivity contribution in [3.63, 3.8) is 0 Å². The van der Waals surface area contributed by atoms with Crippen LogP contribution in [0, 0.1) is 13.8 Å². The number of nitrogens with two attached hydrogens (primary N) is 1. The minimum atomic E-state index is 0.705. The fourth-order valence-electron chi connectivity index (χ4n) is 2.39. The number of rotatable bonds is 1. The third-order valence-electron chi connectivity index (χ3n) is 3.67. The van der Waals surface area contributed by atoms with Gasteiger partial charge in [-0.2, -0.15) is 5.10 Å². The van der Waals surface area contributed by atoms with Crippen molar-refractivity contribution in [3.8, 4) is 0 Å². The minimum Gasteiger partial charge on any atom is -0.398 e. The Kier molecular flexibility index (Phi) is 2.81. The van der Waals surface area contributed by atoms with Crippen molar-refractivity contribution in [2.75, 3.05) is 17.2 Å². The average molecular weight is 255 g/mol. The lowest BCUT2D eigenvalue weighted by molar-refractivity contribution is 0.692. The van der Waals surface area contributed by atoms with Gasteiger partial charge in [0.05, 0.1) is 11.4 Å². The highest BCUT2D eigenvalue weighted by molar-refractivity contribution is 5.54. The molecule has 0 atom stereocenters. The maximum atomic E-state index is 6.01. The second-order valence-corrected chi connectivity index (χ2v) is 4.94. The van der Waals surface area contributed by atoms with Gasteiger partial charge < -0.3 is 10.6 Å². The van der Waals surface area contributed by atoms with Crippen LogP contribution in [0.5, 0.6) is 0 Å². The van der Waals surface area contributed by atoms with Gasteiger partial charge in [-0.25, -0.2) is 4.98 Å². The van der Waals surface area contributed by atoms with Crippen molar-refractivity contribution in [1.82, 2.24) is 15.2 Å². The number of benzene rings is 1. The Labute approximate surface area is 112 Å². The molecule has 0 radical (unpaired) electrons. The predicted octanol–water partition coefficient (Wildman–Crippen LogP) is 1.63. The van der Waals surface area contributed by atoms with E-state index < -0.39 is 0 Å². The Morgan fingerprint density at radius 3 is 2.79 bits per heavy atom. The molecule has 2 N–H and O–H groups in total. The van der Waals surface area contributed by atoms with Gasteiger partial charge in [0.25, 0.3) is 0 Å². The fraction of sp³-hybridized carbons (Fsp3) is 0.357. The summed E-state index contributed by atoms with van der Waals surface area (Å²) >= 11 is 0. The van der Waals surface area contributed by atoms with Gasteiger partial charge in [0, 0.05) is 18.8 Å².